The normalized spacial score (nSPS) is 11.5. The Morgan fingerprint density at radius 1 is 1.31 bits per heavy atom. The molecule has 0 amide bonds. The summed E-state index contributed by atoms with van der Waals surface area (Å²) in [5, 5.41) is 2.55. The van der Waals surface area contributed by atoms with Gasteiger partial charge in [-0.2, -0.15) is 13.2 Å². The van der Waals surface area contributed by atoms with Gasteiger partial charge in [-0.05, 0) is 6.92 Å². The van der Waals surface area contributed by atoms with E-state index in [1.54, 1.807) is 6.92 Å². The molecule has 0 aliphatic heterocycles. The van der Waals surface area contributed by atoms with Gasteiger partial charge in [0.1, 0.15) is 6.61 Å². The average molecular weight is 243 g/mol. The fourth-order valence-corrected chi connectivity index (χ4v) is 0.858. The van der Waals surface area contributed by atoms with E-state index < -0.39 is 18.6 Å². The summed E-state index contributed by atoms with van der Waals surface area (Å²) < 4.78 is 44.5. The molecule has 96 valence electrons. The first-order chi connectivity index (χ1) is 7.45. The monoisotopic (exact) mass is 243 g/mol. The summed E-state index contributed by atoms with van der Waals surface area (Å²) in [5.41, 5.74) is 0. The zero-order chi connectivity index (χ0) is 12.4. The van der Waals surface area contributed by atoms with E-state index in [9.17, 15) is 18.0 Å². The zero-order valence-electron chi connectivity index (χ0n) is 9.10. The Labute approximate surface area is 92.1 Å². The maximum Gasteiger partial charge on any atom is 0.390 e. The number of carbonyl (C=O) groups excluding carboxylic acids is 1. The fraction of sp³-hybridized carbons (Fsp3) is 0.889. The Balaban J connectivity index is 3.19. The number of carbonyl (C=O) groups is 1. The topological polar surface area (TPSA) is 47.6 Å². The molecule has 0 unspecified atom stereocenters. The zero-order valence-corrected chi connectivity index (χ0v) is 9.10. The number of halogens is 3. The van der Waals surface area contributed by atoms with Crippen molar-refractivity contribution >= 4 is 5.97 Å². The molecule has 0 saturated carbocycles. The van der Waals surface area contributed by atoms with Crippen LogP contribution in [0.4, 0.5) is 13.2 Å². The molecule has 0 heterocycles. The summed E-state index contributed by atoms with van der Waals surface area (Å²) in [6, 6.07) is 0. The molecule has 16 heavy (non-hydrogen) atoms. The van der Waals surface area contributed by atoms with Crippen LogP contribution in [0.15, 0.2) is 0 Å². The van der Waals surface area contributed by atoms with Crippen molar-refractivity contribution in [3.63, 3.8) is 0 Å². The Morgan fingerprint density at radius 2 is 2.00 bits per heavy atom. The molecular weight excluding hydrogens is 227 g/mol. The molecule has 0 aliphatic carbocycles. The fourth-order valence-electron chi connectivity index (χ4n) is 0.858. The van der Waals surface area contributed by atoms with Gasteiger partial charge in [-0.25, -0.2) is 4.79 Å². The molecule has 0 aromatic carbocycles. The third-order valence-corrected chi connectivity index (χ3v) is 1.53. The van der Waals surface area contributed by atoms with Gasteiger partial charge in [0, 0.05) is 13.1 Å². The minimum absolute atomic E-state index is 0.147. The number of ether oxygens (including phenoxy) is 2. The smallest absolute Gasteiger partial charge is 0.390 e. The quantitative estimate of drug-likeness (QED) is 0.512. The summed E-state index contributed by atoms with van der Waals surface area (Å²) in [6.45, 7) is 2.09. The van der Waals surface area contributed by atoms with Crippen molar-refractivity contribution in [1.29, 1.82) is 0 Å². The molecule has 7 heteroatoms. The van der Waals surface area contributed by atoms with E-state index in [1.807, 2.05) is 0 Å². The molecule has 0 aromatic heterocycles. The highest BCUT2D eigenvalue weighted by atomic mass is 19.4. The van der Waals surface area contributed by atoms with E-state index in [2.05, 4.69) is 10.1 Å². The van der Waals surface area contributed by atoms with Crippen LogP contribution in [-0.2, 0) is 14.3 Å². The van der Waals surface area contributed by atoms with Crippen LogP contribution < -0.4 is 5.32 Å². The second kappa shape index (κ2) is 8.35. The number of rotatable bonds is 8. The summed E-state index contributed by atoms with van der Waals surface area (Å²) >= 11 is 0. The van der Waals surface area contributed by atoms with Gasteiger partial charge < -0.3 is 14.8 Å². The third kappa shape index (κ3) is 11.3. The lowest BCUT2D eigenvalue weighted by atomic mass is 10.4. The van der Waals surface area contributed by atoms with Crippen molar-refractivity contribution < 1.29 is 27.4 Å². The maximum absolute atomic E-state index is 11.7. The Morgan fingerprint density at radius 3 is 2.56 bits per heavy atom. The SMILES string of the molecule is CCOC(=O)COCCNCCC(F)(F)F. The van der Waals surface area contributed by atoms with Crippen LogP contribution in [0.2, 0.25) is 0 Å². The molecule has 0 atom stereocenters. The van der Waals surface area contributed by atoms with E-state index in [-0.39, 0.29) is 32.9 Å². The van der Waals surface area contributed by atoms with Crippen LogP contribution in [0.25, 0.3) is 0 Å². The van der Waals surface area contributed by atoms with Crippen LogP contribution >= 0.6 is 0 Å². The van der Waals surface area contributed by atoms with Gasteiger partial charge in [-0.15, -0.1) is 0 Å². The van der Waals surface area contributed by atoms with Crippen molar-refractivity contribution in [2.75, 3.05) is 32.9 Å². The Hall–Kier alpha value is -0.820. The van der Waals surface area contributed by atoms with E-state index in [4.69, 9.17) is 4.74 Å². The molecule has 1 N–H and O–H groups in total. The van der Waals surface area contributed by atoms with Crippen LogP contribution in [0, 0.1) is 0 Å². The van der Waals surface area contributed by atoms with Gasteiger partial charge >= 0.3 is 12.1 Å². The number of hydrogen-bond donors (Lipinski definition) is 1. The largest absolute Gasteiger partial charge is 0.464 e. The van der Waals surface area contributed by atoms with E-state index in [1.165, 1.54) is 0 Å². The van der Waals surface area contributed by atoms with Crippen molar-refractivity contribution in [2.45, 2.75) is 19.5 Å². The number of esters is 1. The standard InChI is InChI=1S/C9H16F3NO3/c1-2-16-8(14)7-15-6-5-13-4-3-9(10,11)12/h13H,2-7H2,1H3. The molecule has 0 fully saturated rings. The van der Waals surface area contributed by atoms with E-state index in [0.29, 0.717) is 0 Å². The summed E-state index contributed by atoms with van der Waals surface area (Å²) in [4.78, 5) is 10.7. The van der Waals surface area contributed by atoms with Gasteiger partial charge in [0.15, 0.2) is 0 Å². The van der Waals surface area contributed by atoms with Crippen molar-refractivity contribution in [3.8, 4) is 0 Å². The summed E-state index contributed by atoms with van der Waals surface area (Å²) in [7, 11) is 0. The highest BCUT2D eigenvalue weighted by Crippen LogP contribution is 2.17. The predicted octanol–water partition coefficient (Wildman–Crippen LogP) is 1.11. The van der Waals surface area contributed by atoms with Gasteiger partial charge in [0.25, 0.3) is 0 Å². The van der Waals surface area contributed by atoms with Gasteiger partial charge in [0.2, 0.25) is 0 Å². The molecule has 0 saturated heterocycles. The number of nitrogens with one attached hydrogen (secondary N) is 1. The highest BCUT2D eigenvalue weighted by Gasteiger charge is 2.25. The molecule has 0 aromatic rings. The van der Waals surface area contributed by atoms with Crippen LogP contribution in [0.1, 0.15) is 13.3 Å². The van der Waals surface area contributed by atoms with Crippen LogP contribution in [0.3, 0.4) is 0 Å². The van der Waals surface area contributed by atoms with E-state index >= 15 is 0 Å². The molecule has 0 radical (unpaired) electrons. The number of hydrogen-bond acceptors (Lipinski definition) is 4. The molecule has 0 rings (SSSR count). The van der Waals surface area contributed by atoms with Crippen molar-refractivity contribution in [3.05, 3.63) is 0 Å². The lowest BCUT2D eigenvalue weighted by molar-refractivity contribution is -0.148. The molecule has 0 bridgehead atoms. The molecule has 4 nitrogen and oxygen atoms in total. The predicted molar refractivity (Wildman–Crippen MR) is 51.0 cm³/mol. The first kappa shape index (κ1) is 15.2. The minimum Gasteiger partial charge on any atom is -0.464 e. The molecular formula is C9H16F3NO3. The second-order valence-corrected chi connectivity index (χ2v) is 2.97. The summed E-state index contributed by atoms with van der Waals surface area (Å²) in [5.74, 6) is -0.474. The van der Waals surface area contributed by atoms with Crippen LogP contribution in [0.5, 0.6) is 0 Å². The van der Waals surface area contributed by atoms with Crippen LogP contribution in [-0.4, -0.2) is 45.1 Å². The Bertz CT molecular complexity index is 197. The molecule has 0 spiro atoms. The second-order valence-electron chi connectivity index (χ2n) is 2.97. The first-order valence-electron chi connectivity index (χ1n) is 4.96. The third-order valence-electron chi connectivity index (χ3n) is 1.53. The average Bonchev–Trinajstić information content (AvgIpc) is 2.15. The number of alkyl halides is 3. The minimum atomic E-state index is -4.14. The molecule has 0 aliphatic rings. The Kier molecular flexibility index (Phi) is 7.92. The maximum atomic E-state index is 11.7. The van der Waals surface area contributed by atoms with Crippen molar-refractivity contribution in [2.24, 2.45) is 0 Å². The lowest BCUT2D eigenvalue weighted by Crippen LogP contribution is -2.26. The van der Waals surface area contributed by atoms with Gasteiger partial charge in [-0.1, -0.05) is 0 Å². The first-order valence-corrected chi connectivity index (χ1v) is 4.96. The van der Waals surface area contributed by atoms with E-state index in [0.717, 1.165) is 0 Å². The highest BCUT2D eigenvalue weighted by molar-refractivity contribution is 5.70. The van der Waals surface area contributed by atoms with Crippen molar-refractivity contribution in [1.82, 2.24) is 5.32 Å². The summed E-state index contributed by atoms with van der Waals surface area (Å²) in [6.07, 6.45) is -5.01. The van der Waals surface area contributed by atoms with Gasteiger partial charge in [0.05, 0.1) is 19.6 Å². The van der Waals surface area contributed by atoms with Gasteiger partial charge in [-0.3, -0.25) is 0 Å². The lowest BCUT2D eigenvalue weighted by Gasteiger charge is -2.07.